The summed E-state index contributed by atoms with van der Waals surface area (Å²) in [7, 11) is 0. The smallest absolute Gasteiger partial charge is 0.381 e. The molecule has 0 fully saturated rings. The van der Waals surface area contributed by atoms with Gasteiger partial charge in [-0.2, -0.15) is 17.6 Å². The Bertz CT molecular complexity index is 317. The maximum Gasteiger partial charge on any atom is 0.381 e. The number of halogens is 5. The summed E-state index contributed by atoms with van der Waals surface area (Å²) in [6.07, 6.45) is -3.23. The van der Waals surface area contributed by atoms with Gasteiger partial charge in [-0.25, -0.2) is 9.18 Å². The fourth-order valence-corrected chi connectivity index (χ4v) is 1.24. The van der Waals surface area contributed by atoms with Crippen LogP contribution in [-0.2, 0) is 9.59 Å². The molecule has 0 bridgehead atoms. The quantitative estimate of drug-likeness (QED) is 0.421. The molecule has 1 unspecified atom stereocenters. The van der Waals surface area contributed by atoms with Gasteiger partial charge in [0.15, 0.2) is 6.17 Å². The van der Waals surface area contributed by atoms with Gasteiger partial charge >= 0.3 is 23.6 Å². The van der Waals surface area contributed by atoms with E-state index in [1.165, 1.54) is 0 Å². The van der Waals surface area contributed by atoms with Crippen LogP contribution in [0.5, 0.6) is 0 Å². The minimum Gasteiger partial charge on any atom is -0.475 e. The van der Waals surface area contributed by atoms with Crippen LogP contribution >= 0.6 is 0 Å². The van der Waals surface area contributed by atoms with Gasteiger partial charge in [-0.15, -0.1) is 0 Å². The summed E-state index contributed by atoms with van der Waals surface area (Å²) in [5.74, 6) is -16.6. The first-order chi connectivity index (χ1) is 8.09. The Kier molecular flexibility index (Phi) is 5.69. The number of ketones is 1. The molecule has 0 aromatic rings. The van der Waals surface area contributed by atoms with Crippen LogP contribution in [0, 0.1) is 0 Å². The van der Waals surface area contributed by atoms with E-state index >= 15 is 0 Å². The molecular formula is C10H13F5O3. The van der Waals surface area contributed by atoms with Crippen molar-refractivity contribution in [3.8, 4) is 0 Å². The van der Waals surface area contributed by atoms with Gasteiger partial charge in [-0.05, 0) is 6.42 Å². The lowest BCUT2D eigenvalue weighted by atomic mass is 9.98. The van der Waals surface area contributed by atoms with Gasteiger partial charge in [0.1, 0.15) is 0 Å². The number of aliphatic carboxylic acids is 1. The van der Waals surface area contributed by atoms with Crippen molar-refractivity contribution in [1.82, 2.24) is 0 Å². The molecule has 18 heavy (non-hydrogen) atoms. The van der Waals surface area contributed by atoms with E-state index in [1.807, 2.05) is 0 Å². The van der Waals surface area contributed by atoms with Crippen LogP contribution in [0.3, 0.4) is 0 Å². The van der Waals surface area contributed by atoms with Crippen molar-refractivity contribution in [3.63, 3.8) is 0 Å². The van der Waals surface area contributed by atoms with Crippen molar-refractivity contribution in [1.29, 1.82) is 0 Å². The highest BCUT2D eigenvalue weighted by Gasteiger charge is 2.67. The van der Waals surface area contributed by atoms with Crippen LogP contribution in [0.15, 0.2) is 0 Å². The second-order valence-corrected chi connectivity index (χ2v) is 3.79. The second kappa shape index (κ2) is 6.10. The molecule has 0 saturated heterocycles. The normalized spacial score (nSPS) is 14.3. The molecule has 0 aromatic carbocycles. The van der Waals surface area contributed by atoms with E-state index in [1.54, 1.807) is 6.92 Å². The third kappa shape index (κ3) is 3.39. The largest absolute Gasteiger partial charge is 0.475 e. The fourth-order valence-electron chi connectivity index (χ4n) is 1.24. The fraction of sp³-hybridized carbons (Fsp3) is 0.800. The predicted molar refractivity (Wildman–Crippen MR) is 51.6 cm³/mol. The molecule has 0 aromatic heterocycles. The van der Waals surface area contributed by atoms with Crippen LogP contribution in [-0.4, -0.2) is 34.9 Å². The Balaban J connectivity index is 4.88. The van der Waals surface area contributed by atoms with E-state index in [9.17, 15) is 31.5 Å². The van der Waals surface area contributed by atoms with Crippen LogP contribution in [0.4, 0.5) is 22.0 Å². The number of carbonyl (C=O) groups excluding carboxylic acids is 1. The number of Topliss-reactive ketones (excluding diaryl/α,β-unsaturated/α-hetero) is 1. The molecule has 1 N–H and O–H groups in total. The van der Waals surface area contributed by atoms with Crippen molar-refractivity contribution >= 4 is 11.8 Å². The number of hydrogen-bond donors (Lipinski definition) is 1. The van der Waals surface area contributed by atoms with Gasteiger partial charge in [-0.3, -0.25) is 4.79 Å². The highest BCUT2D eigenvalue weighted by molar-refractivity contribution is 6.35. The number of alkyl halides is 5. The summed E-state index contributed by atoms with van der Waals surface area (Å²) in [4.78, 5) is 20.4. The maximum atomic E-state index is 13.0. The van der Waals surface area contributed by atoms with Gasteiger partial charge in [0.25, 0.3) is 0 Å². The SMILES string of the molecule is CCCCCC(F)C(F)(F)C(F)(F)C(=O)C(=O)O. The lowest BCUT2D eigenvalue weighted by Crippen LogP contribution is -2.55. The Hall–Kier alpha value is -1.21. The van der Waals surface area contributed by atoms with E-state index in [2.05, 4.69) is 0 Å². The summed E-state index contributed by atoms with van der Waals surface area (Å²) in [6, 6.07) is 0. The van der Waals surface area contributed by atoms with Crippen molar-refractivity contribution in [2.45, 2.75) is 50.6 Å². The average molecular weight is 276 g/mol. The summed E-state index contributed by atoms with van der Waals surface area (Å²) in [5.41, 5.74) is 0. The third-order valence-corrected chi connectivity index (χ3v) is 2.35. The van der Waals surface area contributed by atoms with Crippen molar-refractivity contribution in [2.75, 3.05) is 0 Å². The molecule has 3 nitrogen and oxygen atoms in total. The van der Waals surface area contributed by atoms with Gasteiger partial charge in [0.2, 0.25) is 0 Å². The molecule has 0 amide bonds. The summed E-state index contributed by atoms with van der Waals surface area (Å²) < 4.78 is 64.9. The number of unbranched alkanes of at least 4 members (excludes halogenated alkanes) is 2. The van der Waals surface area contributed by atoms with Gasteiger partial charge in [-0.1, -0.05) is 26.2 Å². The number of hydrogen-bond acceptors (Lipinski definition) is 2. The Morgan fingerprint density at radius 3 is 2.06 bits per heavy atom. The molecule has 0 rings (SSSR count). The lowest BCUT2D eigenvalue weighted by Gasteiger charge is -2.26. The van der Waals surface area contributed by atoms with E-state index < -0.39 is 36.2 Å². The van der Waals surface area contributed by atoms with Crippen molar-refractivity contribution in [3.05, 3.63) is 0 Å². The summed E-state index contributed by atoms with van der Waals surface area (Å²) >= 11 is 0. The summed E-state index contributed by atoms with van der Waals surface area (Å²) in [5, 5.41) is 7.99. The first kappa shape index (κ1) is 16.8. The van der Waals surface area contributed by atoms with Crippen molar-refractivity contribution in [2.24, 2.45) is 0 Å². The predicted octanol–water partition coefficient (Wildman–Crippen LogP) is 2.83. The van der Waals surface area contributed by atoms with Crippen LogP contribution in [0.25, 0.3) is 0 Å². The Morgan fingerprint density at radius 1 is 1.17 bits per heavy atom. The topological polar surface area (TPSA) is 54.4 Å². The van der Waals surface area contributed by atoms with Gasteiger partial charge in [0, 0.05) is 0 Å². The number of carboxylic acids is 1. The first-order valence-corrected chi connectivity index (χ1v) is 5.26. The Morgan fingerprint density at radius 2 is 1.67 bits per heavy atom. The zero-order valence-corrected chi connectivity index (χ0v) is 9.56. The standard InChI is InChI=1S/C10H13F5O3/c1-2-3-4-5-6(11)9(12,13)10(14,15)7(16)8(17)18/h6H,2-5H2,1H3,(H,17,18). The number of carbonyl (C=O) groups is 2. The molecule has 0 aliphatic carbocycles. The maximum absolute atomic E-state index is 13.0. The van der Waals surface area contributed by atoms with Crippen LogP contribution in [0.2, 0.25) is 0 Å². The highest BCUT2D eigenvalue weighted by Crippen LogP contribution is 2.40. The molecule has 0 saturated carbocycles. The Labute approximate surface area is 100.0 Å². The van der Waals surface area contributed by atoms with E-state index in [-0.39, 0.29) is 6.42 Å². The number of carboxylic acid groups (broad SMARTS) is 1. The molecule has 8 heteroatoms. The molecule has 0 heterocycles. The molecule has 0 aliphatic heterocycles. The molecule has 0 spiro atoms. The summed E-state index contributed by atoms with van der Waals surface area (Å²) in [6.45, 7) is 1.70. The van der Waals surface area contributed by atoms with Crippen LogP contribution in [0.1, 0.15) is 32.6 Å². The van der Waals surface area contributed by atoms with E-state index in [4.69, 9.17) is 5.11 Å². The number of rotatable bonds is 8. The highest BCUT2D eigenvalue weighted by atomic mass is 19.3. The third-order valence-electron chi connectivity index (χ3n) is 2.35. The van der Waals surface area contributed by atoms with Gasteiger partial charge < -0.3 is 5.11 Å². The van der Waals surface area contributed by atoms with Gasteiger partial charge in [0.05, 0.1) is 0 Å². The lowest BCUT2D eigenvalue weighted by molar-refractivity contribution is -0.233. The monoisotopic (exact) mass is 276 g/mol. The van der Waals surface area contributed by atoms with E-state index in [0.29, 0.717) is 12.8 Å². The first-order valence-electron chi connectivity index (χ1n) is 5.26. The minimum atomic E-state index is -5.55. The minimum absolute atomic E-state index is 0.0510. The molecule has 0 radical (unpaired) electrons. The van der Waals surface area contributed by atoms with Crippen molar-refractivity contribution < 1.29 is 36.6 Å². The molecular weight excluding hydrogens is 263 g/mol. The second-order valence-electron chi connectivity index (χ2n) is 3.79. The molecule has 106 valence electrons. The zero-order chi connectivity index (χ0) is 14.6. The zero-order valence-electron chi connectivity index (χ0n) is 9.56. The van der Waals surface area contributed by atoms with E-state index in [0.717, 1.165) is 0 Å². The molecule has 0 aliphatic rings. The average Bonchev–Trinajstić information content (AvgIpc) is 2.27. The van der Waals surface area contributed by atoms with Crippen LogP contribution < -0.4 is 0 Å². The molecule has 1 atom stereocenters.